The second kappa shape index (κ2) is 11.7. The van der Waals surface area contributed by atoms with Crippen LogP contribution in [0, 0.1) is 5.92 Å². The SMILES string of the molecule is COc1cccc(OC(C)c2nnc(SC(C)C(=O)Nc3ccc(C(=O)O)cc3)n2CC(C)C)c1. The third kappa shape index (κ3) is 6.98. The molecule has 2 aromatic carbocycles. The molecule has 2 unspecified atom stereocenters. The molecule has 0 saturated carbocycles. The Labute approximate surface area is 208 Å². The summed E-state index contributed by atoms with van der Waals surface area (Å²) in [4.78, 5) is 23.8. The van der Waals surface area contributed by atoms with Crippen molar-refractivity contribution in [2.24, 2.45) is 5.92 Å². The van der Waals surface area contributed by atoms with Crippen LogP contribution in [0.2, 0.25) is 0 Å². The van der Waals surface area contributed by atoms with Crippen molar-refractivity contribution in [3.05, 3.63) is 59.9 Å². The van der Waals surface area contributed by atoms with Crippen LogP contribution in [-0.2, 0) is 11.3 Å². The first kappa shape index (κ1) is 26.1. The Morgan fingerprint density at radius 2 is 1.74 bits per heavy atom. The zero-order valence-electron chi connectivity index (χ0n) is 20.4. The average Bonchev–Trinajstić information content (AvgIpc) is 3.20. The maximum Gasteiger partial charge on any atom is 0.335 e. The molecule has 0 fully saturated rings. The monoisotopic (exact) mass is 498 g/mol. The topological polar surface area (TPSA) is 116 Å². The van der Waals surface area contributed by atoms with E-state index in [1.54, 1.807) is 26.2 Å². The number of rotatable bonds is 11. The van der Waals surface area contributed by atoms with Crippen molar-refractivity contribution in [1.29, 1.82) is 0 Å². The number of aromatic nitrogens is 3. The zero-order chi connectivity index (χ0) is 25.5. The molecule has 1 heterocycles. The van der Waals surface area contributed by atoms with Crippen molar-refractivity contribution < 1.29 is 24.2 Å². The molecule has 0 bridgehead atoms. The molecule has 1 aromatic heterocycles. The number of hydrogen-bond donors (Lipinski definition) is 2. The smallest absolute Gasteiger partial charge is 0.335 e. The molecular formula is C25H30N4O5S. The summed E-state index contributed by atoms with van der Waals surface area (Å²) in [7, 11) is 1.60. The maximum atomic E-state index is 12.8. The van der Waals surface area contributed by atoms with Gasteiger partial charge in [0.2, 0.25) is 5.91 Å². The molecule has 0 aliphatic carbocycles. The first-order valence-corrected chi connectivity index (χ1v) is 12.1. The van der Waals surface area contributed by atoms with Crippen molar-refractivity contribution in [3.8, 4) is 11.5 Å². The zero-order valence-corrected chi connectivity index (χ0v) is 21.2. The van der Waals surface area contributed by atoms with Crippen LogP contribution in [0.15, 0.2) is 53.7 Å². The van der Waals surface area contributed by atoms with Crippen molar-refractivity contribution in [2.75, 3.05) is 12.4 Å². The fourth-order valence-electron chi connectivity index (χ4n) is 3.31. The Balaban J connectivity index is 1.73. The van der Waals surface area contributed by atoms with Crippen molar-refractivity contribution in [2.45, 2.75) is 50.8 Å². The fraction of sp³-hybridized carbons (Fsp3) is 0.360. The summed E-state index contributed by atoms with van der Waals surface area (Å²) >= 11 is 1.31. The molecule has 186 valence electrons. The number of carboxylic acids is 1. The highest BCUT2D eigenvalue weighted by molar-refractivity contribution is 8.00. The van der Waals surface area contributed by atoms with E-state index in [0.29, 0.717) is 40.6 Å². The number of anilines is 1. The predicted octanol–water partition coefficient (Wildman–Crippen LogP) is 4.90. The van der Waals surface area contributed by atoms with Gasteiger partial charge in [0.1, 0.15) is 11.5 Å². The summed E-state index contributed by atoms with van der Waals surface area (Å²) in [5.41, 5.74) is 0.683. The van der Waals surface area contributed by atoms with Crippen LogP contribution < -0.4 is 14.8 Å². The number of thioether (sulfide) groups is 1. The van der Waals surface area contributed by atoms with Crippen LogP contribution >= 0.6 is 11.8 Å². The lowest BCUT2D eigenvalue weighted by Crippen LogP contribution is -2.23. The predicted molar refractivity (Wildman–Crippen MR) is 134 cm³/mol. The number of nitrogens with zero attached hydrogens (tertiary/aromatic N) is 3. The van der Waals surface area contributed by atoms with E-state index >= 15 is 0 Å². The van der Waals surface area contributed by atoms with Gasteiger partial charge in [-0.15, -0.1) is 10.2 Å². The molecule has 2 N–H and O–H groups in total. The maximum absolute atomic E-state index is 12.8. The molecule has 2 atom stereocenters. The van der Waals surface area contributed by atoms with Gasteiger partial charge < -0.3 is 24.5 Å². The molecular weight excluding hydrogens is 468 g/mol. The van der Waals surface area contributed by atoms with Crippen LogP contribution in [0.4, 0.5) is 5.69 Å². The summed E-state index contributed by atoms with van der Waals surface area (Å²) in [5, 5.41) is 20.7. The first-order valence-electron chi connectivity index (χ1n) is 11.2. The van der Waals surface area contributed by atoms with E-state index in [1.807, 2.05) is 35.8 Å². The summed E-state index contributed by atoms with van der Waals surface area (Å²) in [5.74, 6) is 1.11. The Bertz CT molecular complexity index is 1160. The van der Waals surface area contributed by atoms with E-state index in [-0.39, 0.29) is 17.6 Å². The Hall–Kier alpha value is -3.53. The summed E-state index contributed by atoms with van der Waals surface area (Å²) in [6, 6.07) is 13.4. The van der Waals surface area contributed by atoms with Gasteiger partial charge in [-0.3, -0.25) is 4.79 Å². The van der Waals surface area contributed by atoms with E-state index in [9.17, 15) is 9.59 Å². The molecule has 10 heteroatoms. The lowest BCUT2D eigenvalue weighted by molar-refractivity contribution is -0.115. The molecule has 0 spiro atoms. The van der Waals surface area contributed by atoms with Crippen LogP contribution in [0.25, 0.3) is 0 Å². The number of carbonyl (C=O) groups is 2. The highest BCUT2D eigenvalue weighted by atomic mass is 32.2. The summed E-state index contributed by atoms with van der Waals surface area (Å²) in [6.07, 6.45) is -0.375. The third-order valence-corrected chi connectivity index (χ3v) is 6.14. The molecule has 0 saturated heterocycles. The molecule has 0 aliphatic heterocycles. The lowest BCUT2D eigenvalue weighted by atomic mass is 10.2. The van der Waals surface area contributed by atoms with Gasteiger partial charge in [0, 0.05) is 18.3 Å². The van der Waals surface area contributed by atoms with E-state index in [4.69, 9.17) is 14.6 Å². The normalized spacial score (nSPS) is 12.7. The van der Waals surface area contributed by atoms with Gasteiger partial charge in [0.15, 0.2) is 17.1 Å². The molecule has 0 aliphatic rings. The van der Waals surface area contributed by atoms with Crippen LogP contribution in [0.3, 0.4) is 0 Å². The number of ether oxygens (including phenoxy) is 2. The molecule has 9 nitrogen and oxygen atoms in total. The largest absolute Gasteiger partial charge is 0.497 e. The highest BCUT2D eigenvalue weighted by Gasteiger charge is 2.24. The van der Waals surface area contributed by atoms with Crippen molar-refractivity contribution >= 4 is 29.3 Å². The van der Waals surface area contributed by atoms with Gasteiger partial charge >= 0.3 is 5.97 Å². The van der Waals surface area contributed by atoms with Gasteiger partial charge in [0.25, 0.3) is 0 Å². The number of hydrogen-bond acceptors (Lipinski definition) is 7. The first-order chi connectivity index (χ1) is 16.7. The summed E-state index contributed by atoms with van der Waals surface area (Å²) < 4.78 is 13.4. The standard InChI is InChI=1S/C25H30N4O5S/c1-15(2)14-29-22(16(3)34-21-8-6-7-20(13-21)33-5)27-28-25(29)35-17(4)23(30)26-19-11-9-18(10-12-19)24(31)32/h6-13,15-17H,14H2,1-5H3,(H,26,30)(H,31,32). The van der Waals surface area contributed by atoms with Gasteiger partial charge in [0.05, 0.1) is 17.9 Å². The number of aromatic carboxylic acids is 1. The van der Waals surface area contributed by atoms with E-state index in [2.05, 4.69) is 29.4 Å². The van der Waals surface area contributed by atoms with Gasteiger partial charge in [-0.1, -0.05) is 31.7 Å². The minimum atomic E-state index is -1.02. The van der Waals surface area contributed by atoms with Crippen LogP contribution in [-0.4, -0.2) is 44.1 Å². The second-order valence-corrected chi connectivity index (χ2v) is 9.72. The Morgan fingerprint density at radius 3 is 2.37 bits per heavy atom. The molecule has 3 rings (SSSR count). The number of carboxylic acid groups (broad SMARTS) is 1. The molecule has 3 aromatic rings. The number of amides is 1. The quantitative estimate of drug-likeness (QED) is 0.359. The highest BCUT2D eigenvalue weighted by Crippen LogP contribution is 2.29. The average molecular weight is 499 g/mol. The minimum absolute atomic E-state index is 0.157. The number of nitrogens with one attached hydrogen (secondary N) is 1. The number of methoxy groups -OCH3 is 1. The van der Waals surface area contributed by atoms with E-state index in [0.717, 1.165) is 0 Å². The van der Waals surface area contributed by atoms with Gasteiger partial charge in [-0.25, -0.2) is 4.79 Å². The van der Waals surface area contributed by atoms with Gasteiger partial charge in [-0.05, 0) is 56.2 Å². The number of carbonyl (C=O) groups excluding carboxylic acids is 1. The van der Waals surface area contributed by atoms with E-state index in [1.165, 1.54) is 23.9 Å². The van der Waals surface area contributed by atoms with Crippen LogP contribution in [0.5, 0.6) is 11.5 Å². The fourth-order valence-corrected chi connectivity index (χ4v) is 4.17. The third-order valence-electron chi connectivity index (χ3n) is 5.06. The van der Waals surface area contributed by atoms with Crippen LogP contribution in [0.1, 0.15) is 50.0 Å². The summed E-state index contributed by atoms with van der Waals surface area (Å²) in [6.45, 7) is 8.56. The minimum Gasteiger partial charge on any atom is -0.497 e. The Kier molecular flexibility index (Phi) is 8.75. The molecule has 35 heavy (non-hydrogen) atoms. The molecule has 1 amide bonds. The Morgan fingerprint density at radius 1 is 1.06 bits per heavy atom. The lowest BCUT2D eigenvalue weighted by Gasteiger charge is -2.19. The van der Waals surface area contributed by atoms with Gasteiger partial charge in [-0.2, -0.15) is 0 Å². The second-order valence-electron chi connectivity index (χ2n) is 8.42. The number of benzene rings is 2. The van der Waals surface area contributed by atoms with E-state index < -0.39 is 11.2 Å². The van der Waals surface area contributed by atoms with Crippen molar-refractivity contribution in [3.63, 3.8) is 0 Å². The van der Waals surface area contributed by atoms with Crippen molar-refractivity contribution in [1.82, 2.24) is 14.8 Å². The molecule has 0 radical (unpaired) electrons.